The van der Waals surface area contributed by atoms with Crippen molar-refractivity contribution < 1.29 is 15.0 Å². The lowest BCUT2D eigenvalue weighted by atomic mass is 9.99. The number of hydrogen-bond donors (Lipinski definition) is 3. The Balaban J connectivity index is 3.04. The van der Waals surface area contributed by atoms with Crippen LogP contribution in [0.1, 0.15) is 36.2 Å². The number of anilines is 1. The fraction of sp³-hybridized carbons (Fsp3) is 0.500. The van der Waals surface area contributed by atoms with Crippen molar-refractivity contribution in [1.29, 1.82) is 0 Å². The number of benzene rings is 1. The third-order valence-electron chi connectivity index (χ3n) is 3.08. The number of aromatic carboxylic acids is 1. The van der Waals surface area contributed by atoms with Crippen LogP contribution >= 0.6 is 0 Å². The molecular weight excluding hydrogens is 230 g/mol. The number of hydrogen-bond acceptors (Lipinski definition) is 3. The highest BCUT2D eigenvalue weighted by Gasteiger charge is 2.18. The number of aryl methyl sites for hydroxylation is 1. The van der Waals surface area contributed by atoms with Gasteiger partial charge in [-0.1, -0.05) is 26.0 Å². The van der Waals surface area contributed by atoms with Gasteiger partial charge in [0.25, 0.3) is 0 Å². The number of aliphatic hydroxyl groups is 1. The van der Waals surface area contributed by atoms with Crippen LogP contribution in [0.15, 0.2) is 18.2 Å². The van der Waals surface area contributed by atoms with E-state index >= 15 is 0 Å². The monoisotopic (exact) mass is 251 g/mol. The second kappa shape index (κ2) is 6.40. The highest BCUT2D eigenvalue weighted by atomic mass is 16.4. The van der Waals surface area contributed by atoms with Crippen LogP contribution in [0.25, 0.3) is 0 Å². The number of aliphatic hydroxyl groups excluding tert-OH is 1. The van der Waals surface area contributed by atoms with E-state index < -0.39 is 5.97 Å². The summed E-state index contributed by atoms with van der Waals surface area (Å²) in [5.41, 5.74) is 1.83. The molecule has 3 N–H and O–H groups in total. The molecule has 1 rings (SSSR count). The Morgan fingerprint density at radius 1 is 1.39 bits per heavy atom. The average molecular weight is 251 g/mol. The maximum Gasteiger partial charge on any atom is 0.337 e. The van der Waals surface area contributed by atoms with E-state index in [0.29, 0.717) is 18.0 Å². The normalized spacial score (nSPS) is 12.5. The van der Waals surface area contributed by atoms with Crippen molar-refractivity contribution in [1.82, 2.24) is 0 Å². The number of para-hydroxylation sites is 1. The molecule has 0 aliphatic rings. The molecule has 0 saturated heterocycles. The van der Waals surface area contributed by atoms with Gasteiger partial charge in [-0.2, -0.15) is 0 Å². The molecule has 18 heavy (non-hydrogen) atoms. The summed E-state index contributed by atoms with van der Waals surface area (Å²) in [7, 11) is 0. The number of carboxylic acids is 1. The first-order valence-electron chi connectivity index (χ1n) is 6.17. The smallest absolute Gasteiger partial charge is 0.337 e. The summed E-state index contributed by atoms with van der Waals surface area (Å²) < 4.78 is 0. The van der Waals surface area contributed by atoms with Gasteiger partial charge in [-0.15, -0.1) is 0 Å². The zero-order chi connectivity index (χ0) is 13.7. The summed E-state index contributed by atoms with van der Waals surface area (Å²) in [6.07, 6.45) is 0.602. The van der Waals surface area contributed by atoms with Gasteiger partial charge >= 0.3 is 5.97 Å². The molecule has 0 heterocycles. The van der Waals surface area contributed by atoms with Crippen molar-refractivity contribution >= 4 is 11.7 Å². The van der Waals surface area contributed by atoms with Crippen molar-refractivity contribution in [3.05, 3.63) is 29.3 Å². The second-order valence-corrected chi connectivity index (χ2v) is 4.81. The van der Waals surface area contributed by atoms with Crippen LogP contribution in [0.5, 0.6) is 0 Å². The minimum absolute atomic E-state index is 0.0641. The SMILES string of the molecule is Cc1cccc(C(=O)O)c1NC(CCO)C(C)C. The molecule has 1 atom stereocenters. The van der Waals surface area contributed by atoms with Crippen molar-refractivity contribution in [2.75, 3.05) is 11.9 Å². The molecule has 100 valence electrons. The van der Waals surface area contributed by atoms with Crippen molar-refractivity contribution in [2.45, 2.75) is 33.2 Å². The van der Waals surface area contributed by atoms with E-state index in [1.54, 1.807) is 12.1 Å². The molecule has 0 bridgehead atoms. The van der Waals surface area contributed by atoms with Gasteiger partial charge in [0, 0.05) is 12.6 Å². The van der Waals surface area contributed by atoms with Gasteiger partial charge < -0.3 is 15.5 Å². The van der Waals surface area contributed by atoms with Gasteiger partial charge in [-0.05, 0) is 30.9 Å². The Bertz CT molecular complexity index is 416. The molecule has 0 spiro atoms. The van der Waals surface area contributed by atoms with E-state index in [9.17, 15) is 9.90 Å². The number of nitrogens with one attached hydrogen (secondary N) is 1. The van der Waals surface area contributed by atoms with Crippen LogP contribution in [-0.2, 0) is 0 Å². The summed E-state index contributed by atoms with van der Waals surface area (Å²) >= 11 is 0. The molecule has 0 aliphatic carbocycles. The minimum atomic E-state index is -0.937. The van der Waals surface area contributed by atoms with Crippen LogP contribution < -0.4 is 5.32 Å². The van der Waals surface area contributed by atoms with Gasteiger partial charge in [-0.3, -0.25) is 0 Å². The largest absolute Gasteiger partial charge is 0.478 e. The van der Waals surface area contributed by atoms with Crippen LogP contribution in [0, 0.1) is 12.8 Å². The lowest BCUT2D eigenvalue weighted by molar-refractivity contribution is 0.0697. The second-order valence-electron chi connectivity index (χ2n) is 4.81. The molecule has 0 fully saturated rings. The standard InChI is InChI=1S/C14H21NO3/c1-9(2)12(7-8-16)15-13-10(3)5-4-6-11(13)14(17)18/h4-6,9,12,15-16H,7-8H2,1-3H3,(H,17,18). The van der Waals surface area contributed by atoms with Crippen LogP contribution in [-0.4, -0.2) is 28.8 Å². The maximum atomic E-state index is 11.2. The van der Waals surface area contributed by atoms with E-state index in [1.165, 1.54) is 0 Å². The molecule has 4 heteroatoms. The number of rotatable bonds is 6. The van der Waals surface area contributed by atoms with E-state index in [2.05, 4.69) is 5.32 Å². The molecular formula is C14H21NO3. The van der Waals surface area contributed by atoms with E-state index in [1.807, 2.05) is 26.8 Å². The first-order chi connectivity index (χ1) is 8.47. The molecule has 0 saturated carbocycles. The van der Waals surface area contributed by atoms with Gasteiger partial charge in [0.05, 0.1) is 11.3 Å². The first-order valence-corrected chi connectivity index (χ1v) is 6.17. The van der Waals surface area contributed by atoms with E-state index in [-0.39, 0.29) is 18.2 Å². The van der Waals surface area contributed by atoms with Crippen LogP contribution in [0.2, 0.25) is 0 Å². The maximum absolute atomic E-state index is 11.2. The quantitative estimate of drug-likeness (QED) is 0.726. The van der Waals surface area contributed by atoms with Crippen LogP contribution in [0.3, 0.4) is 0 Å². The minimum Gasteiger partial charge on any atom is -0.478 e. The Hall–Kier alpha value is -1.55. The van der Waals surface area contributed by atoms with Crippen molar-refractivity contribution in [3.63, 3.8) is 0 Å². The predicted molar refractivity (Wildman–Crippen MR) is 72.1 cm³/mol. The Morgan fingerprint density at radius 3 is 2.56 bits per heavy atom. The first kappa shape index (κ1) is 14.5. The molecule has 0 aliphatic heterocycles. The number of carboxylic acid groups (broad SMARTS) is 1. The van der Waals surface area contributed by atoms with Crippen molar-refractivity contribution in [2.24, 2.45) is 5.92 Å². The zero-order valence-electron chi connectivity index (χ0n) is 11.1. The van der Waals surface area contributed by atoms with E-state index in [4.69, 9.17) is 5.11 Å². The Morgan fingerprint density at radius 2 is 2.06 bits per heavy atom. The molecule has 1 unspecified atom stereocenters. The molecule has 1 aromatic carbocycles. The summed E-state index contributed by atoms with van der Waals surface area (Å²) in [5.74, 6) is -0.619. The summed E-state index contributed by atoms with van der Waals surface area (Å²) in [4.78, 5) is 11.2. The lowest BCUT2D eigenvalue weighted by Gasteiger charge is -2.24. The molecule has 0 radical (unpaired) electrons. The molecule has 0 aromatic heterocycles. The fourth-order valence-corrected chi connectivity index (χ4v) is 1.93. The van der Waals surface area contributed by atoms with Gasteiger partial charge in [0.15, 0.2) is 0 Å². The summed E-state index contributed by atoms with van der Waals surface area (Å²) in [5, 5.41) is 21.5. The Kier molecular flexibility index (Phi) is 5.16. The van der Waals surface area contributed by atoms with Crippen molar-refractivity contribution in [3.8, 4) is 0 Å². The van der Waals surface area contributed by atoms with Crippen LogP contribution in [0.4, 0.5) is 5.69 Å². The summed E-state index contributed by atoms with van der Waals surface area (Å²) in [6, 6.07) is 5.27. The average Bonchev–Trinajstić information content (AvgIpc) is 2.30. The highest BCUT2D eigenvalue weighted by Crippen LogP contribution is 2.24. The molecule has 4 nitrogen and oxygen atoms in total. The number of carbonyl (C=O) groups is 1. The third kappa shape index (κ3) is 3.47. The van der Waals surface area contributed by atoms with Gasteiger partial charge in [0.1, 0.15) is 0 Å². The molecule has 1 aromatic rings. The highest BCUT2D eigenvalue weighted by molar-refractivity contribution is 5.95. The fourth-order valence-electron chi connectivity index (χ4n) is 1.93. The summed E-state index contributed by atoms with van der Waals surface area (Å²) in [6.45, 7) is 6.06. The molecule has 0 amide bonds. The van der Waals surface area contributed by atoms with E-state index in [0.717, 1.165) is 5.56 Å². The lowest BCUT2D eigenvalue weighted by Crippen LogP contribution is -2.28. The topological polar surface area (TPSA) is 69.6 Å². The predicted octanol–water partition coefficient (Wildman–Crippen LogP) is 2.51. The Labute approximate surface area is 108 Å². The van der Waals surface area contributed by atoms with Gasteiger partial charge in [0.2, 0.25) is 0 Å². The zero-order valence-corrected chi connectivity index (χ0v) is 11.1. The third-order valence-corrected chi connectivity index (χ3v) is 3.08. The van der Waals surface area contributed by atoms with Gasteiger partial charge in [-0.25, -0.2) is 4.79 Å².